The summed E-state index contributed by atoms with van der Waals surface area (Å²) >= 11 is 5.90. The topological polar surface area (TPSA) is 55.8 Å². The van der Waals surface area contributed by atoms with E-state index in [-0.39, 0.29) is 12.4 Å². The molecule has 6 heteroatoms. The molecule has 0 aromatic heterocycles. The van der Waals surface area contributed by atoms with E-state index in [1.165, 1.54) is 13.2 Å². The molecule has 4 nitrogen and oxygen atoms in total. The van der Waals surface area contributed by atoms with Crippen molar-refractivity contribution in [2.45, 2.75) is 6.61 Å². The number of hydrogen-bond acceptors (Lipinski definition) is 3. The van der Waals surface area contributed by atoms with Crippen LogP contribution in [0.5, 0.6) is 11.5 Å². The summed E-state index contributed by atoms with van der Waals surface area (Å²) in [5.74, 6) is -1.35. The van der Waals surface area contributed by atoms with Gasteiger partial charge in [0.05, 0.1) is 12.7 Å². The van der Waals surface area contributed by atoms with Crippen LogP contribution >= 0.6 is 11.6 Å². The van der Waals surface area contributed by atoms with Gasteiger partial charge in [-0.25, -0.2) is 9.18 Å². The van der Waals surface area contributed by atoms with Gasteiger partial charge in [-0.3, -0.25) is 0 Å². The molecule has 0 spiro atoms. The molecular formula is C15H12ClFO4. The Bertz CT molecular complexity index is 673. The zero-order valence-electron chi connectivity index (χ0n) is 11.1. The van der Waals surface area contributed by atoms with Crippen molar-refractivity contribution in [2.24, 2.45) is 0 Å². The van der Waals surface area contributed by atoms with E-state index in [1.807, 2.05) is 0 Å². The minimum absolute atomic E-state index is 0.121. The number of rotatable bonds is 5. The Morgan fingerprint density at radius 2 is 2.05 bits per heavy atom. The Morgan fingerprint density at radius 1 is 1.29 bits per heavy atom. The maximum atomic E-state index is 13.5. The van der Waals surface area contributed by atoms with Crippen LogP contribution in [-0.2, 0) is 6.61 Å². The van der Waals surface area contributed by atoms with Gasteiger partial charge in [0, 0.05) is 16.7 Å². The number of benzene rings is 2. The molecule has 0 fully saturated rings. The van der Waals surface area contributed by atoms with Gasteiger partial charge in [-0.1, -0.05) is 11.6 Å². The van der Waals surface area contributed by atoms with Gasteiger partial charge < -0.3 is 14.6 Å². The van der Waals surface area contributed by atoms with E-state index in [2.05, 4.69) is 0 Å². The highest BCUT2D eigenvalue weighted by molar-refractivity contribution is 6.30. The maximum Gasteiger partial charge on any atom is 0.338 e. The summed E-state index contributed by atoms with van der Waals surface area (Å²) in [5, 5.41) is 9.28. The van der Waals surface area contributed by atoms with E-state index >= 15 is 0 Å². The fourth-order valence-electron chi connectivity index (χ4n) is 1.78. The molecule has 0 amide bonds. The summed E-state index contributed by atoms with van der Waals surface area (Å²) < 4.78 is 24.1. The monoisotopic (exact) mass is 310 g/mol. The Labute approximate surface area is 125 Å². The van der Waals surface area contributed by atoms with E-state index in [0.717, 1.165) is 12.1 Å². The molecule has 0 atom stereocenters. The third-order valence-electron chi connectivity index (χ3n) is 2.81. The second-order valence-electron chi connectivity index (χ2n) is 4.19. The number of carboxylic acids is 1. The van der Waals surface area contributed by atoms with Gasteiger partial charge in [-0.05, 0) is 30.3 Å². The molecule has 2 aromatic rings. The fourth-order valence-corrected chi connectivity index (χ4v) is 1.97. The number of carbonyl (C=O) groups is 1. The predicted molar refractivity (Wildman–Crippen MR) is 75.7 cm³/mol. The molecule has 2 aromatic carbocycles. The number of aromatic carboxylic acids is 1. The van der Waals surface area contributed by atoms with Crippen molar-refractivity contribution >= 4 is 17.6 Å². The van der Waals surface area contributed by atoms with Crippen LogP contribution in [0.1, 0.15) is 15.9 Å². The smallest absolute Gasteiger partial charge is 0.338 e. The minimum atomic E-state index is -1.32. The molecule has 0 heterocycles. The summed E-state index contributed by atoms with van der Waals surface area (Å²) in [6.45, 7) is 0.121. The van der Waals surface area contributed by atoms with Crippen molar-refractivity contribution in [1.29, 1.82) is 0 Å². The molecule has 2 rings (SSSR count). The predicted octanol–water partition coefficient (Wildman–Crippen LogP) is 3.76. The number of hydrogen-bond donors (Lipinski definition) is 1. The van der Waals surface area contributed by atoms with Gasteiger partial charge in [0.25, 0.3) is 0 Å². The first-order chi connectivity index (χ1) is 10.0. The van der Waals surface area contributed by atoms with E-state index < -0.39 is 17.3 Å². The van der Waals surface area contributed by atoms with Gasteiger partial charge in [0.1, 0.15) is 23.9 Å². The molecule has 0 saturated heterocycles. The third-order valence-corrected chi connectivity index (χ3v) is 3.04. The van der Waals surface area contributed by atoms with E-state index in [4.69, 9.17) is 26.2 Å². The molecule has 0 aliphatic carbocycles. The summed E-state index contributed by atoms with van der Waals surface area (Å²) in [7, 11) is 1.52. The SMILES string of the molecule is COc1ccc(Cl)cc1COc1ccc(C(=O)O)c(F)c1. The van der Waals surface area contributed by atoms with Gasteiger partial charge in [0.15, 0.2) is 0 Å². The van der Waals surface area contributed by atoms with Crippen LogP contribution in [0.15, 0.2) is 36.4 Å². The van der Waals surface area contributed by atoms with Crippen molar-refractivity contribution in [2.75, 3.05) is 7.11 Å². The van der Waals surface area contributed by atoms with Gasteiger partial charge in [-0.15, -0.1) is 0 Å². The molecule has 110 valence electrons. The lowest BCUT2D eigenvalue weighted by Crippen LogP contribution is -2.02. The van der Waals surface area contributed by atoms with Crippen LogP contribution in [0.3, 0.4) is 0 Å². The zero-order valence-corrected chi connectivity index (χ0v) is 11.9. The molecular weight excluding hydrogens is 299 g/mol. The zero-order chi connectivity index (χ0) is 15.4. The first-order valence-corrected chi connectivity index (χ1v) is 6.37. The van der Waals surface area contributed by atoms with Crippen LogP contribution in [-0.4, -0.2) is 18.2 Å². The van der Waals surface area contributed by atoms with Crippen molar-refractivity contribution in [3.05, 3.63) is 58.4 Å². The summed E-state index contributed by atoms with van der Waals surface area (Å²) in [6, 6.07) is 8.65. The van der Waals surface area contributed by atoms with Crippen LogP contribution < -0.4 is 9.47 Å². The van der Waals surface area contributed by atoms with Crippen molar-refractivity contribution in [1.82, 2.24) is 0 Å². The molecule has 1 N–H and O–H groups in total. The van der Waals surface area contributed by atoms with Gasteiger partial charge in [-0.2, -0.15) is 0 Å². The first kappa shape index (κ1) is 15.1. The quantitative estimate of drug-likeness (QED) is 0.913. The summed E-state index contributed by atoms with van der Waals surface area (Å²) in [5.41, 5.74) is 0.301. The van der Waals surface area contributed by atoms with Crippen molar-refractivity contribution in [3.8, 4) is 11.5 Å². The van der Waals surface area contributed by atoms with Crippen molar-refractivity contribution in [3.63, 3.8) is 0 Å². The molecule has 0 saturated carbocycles. The van der Waals surface area contributed by atoms with Crippen LogP contribution in [0.4, 0.5) is 4.39 Å². The number of ether oxygens (including phenoxy) is 2. The summed E-state index contributed by atoms with van der Waals surface area (Å²) in [4.78, 5) is 10.7. The highest BCUT2D eigenvalue weighted by Gasteiger charge is 2.11. The lowest BCUT2D eigenvalue weighted by molar-refractivity contribution is 0.0692. The Kier molecular flexibility index (Phi) is 4.65. The molecule has 21 heavy (non-hydrogen) atoms. The minimum Gasteiger partial charge on any atom is -0.496 e. The second-order valence-corrected chi connectivity index (χ2v) is 4.63. The lowest BCUT2D eigenvalue weighted by atomic mass is 10.2. The number of carboxylic acid groups (broad SMARTS) is 1. The average molecular weight is 311 g/mol. The van der Waals surface area contributed by atoms with E-state index in [9.17, 15) is 9.18 Å². The fraction of sp³-hybridized carbons (Fsp3) is 0.133. The van der Waals surface area contributed by atoms with E-state index in [0.29, 0.717) is 16.3 Å². The Morgan fingerprint density at radius 3 is 2.67 bits per heavy atom. The maximum absolute atomic E-state index is 13.5. The highest BCUT2D eigenvalue weighted by atomic mass is 35.5. The Balaban J connectivity index is 2.15. The van der Waals surface area contributed by atoms with Crippen molar-refractivity contribution < 1.29 is 23.8 Å². The standard InChI is InChI=1S/C15H12ClFO4/c1-20-14-5-2-10(16)6-9(14)8-21-11-3-4-12(15(18)19)13(17)7-11/h2-7H,8H2,1H3,(H,18,19). The normalized spacial score (nSPS) is 10.2. The average Bonchev–Trinajstić information content (AvgIpc) is 2.45. The third kappa shape index (κ3) is 3.64. The molecule has 0 radical (unpaired) electrons. The molecule has 0 bridgehead atoms. The number of methoxy groups -OCH3 is 1. The van der Waals surface area contributed by atoms with E-state index in [1.54, 1.807) is 18.2 Å². The molecule has 0 aliphatic heterocycles. The molecule has 0 unspecified atom stereocenters. The Hall–Kier alpha value is -2.27. The first-order valence-electron chi connectivity index (χ1n) is 5.99. The molecule has 0 aliphatic rings. The van der Waals surface area contributed by atoms with Gasteiger partial charge >= 0.3 is 5.97 Å². The second kappa shape index (κ2) is 6.45. The number of halogens is 2. The lowest BCUT2D eigenvalue weighted by Gasteiger charge is -2.11. The van der Waals surface area contributed by atoms with Crippen LogP contribution in [0.2, 0.25) is 5.02 Å². The van der Waals surface area contributed by atoms with Gasteiger partial charge in [0.2, 0.25) is 0 Å². The van der Waals surface area contributed by atoms with Crippen LogP contribution in [0, 0.1) is 5.82 Å². The summed E-state index contributed by atoms with van der Waals surface area (Å²) in [6.07, 6.45) is 0. The largest absolute Gasteiger partial charge is 0.496 e. The highest BCUT2D eigenvalue weighted by Crippen LogP contribution is 2.25. The van der Waals surface area contributed by atoms with Crippen LogP contribution in [0.25, 0.3) is 0 Å².